The standard InChI is InChI=1S/C19H25NO6/c1-13(21)14-5-6-16(26-3)15(9-14)10-17(22)20-8-4-7-19(11-20,12-25-2)18(23)24/h5-6,9H,4,7-8,10-12H2,1-3H3,(H,23,24). The molecule has 26 heavy (non-hydrogen) atoms. The molecule has 0 bridgehead atoms. The number of carbonyl (C=O) groups excluding carboxylic acids is 2. The van der Waals surface area contributed by atoms with Gasteiger partial charge in [0.2, 0.25) is 5.91 Å². The highest BCUT2D eigenvalue weighted by molar-refractivity contribution is 5.94. The fourth-order valence-corrected chi connectivity index (χ4v) is 3.39. The molecule has 1 fully saturated rings. The van der Waals surface area contributed by atoms with Crippen molar-refractivity contribution in [2.24, 2.45) is 5.41 Å². The minimum Gasteiger partial charge on any atom is -0.496 e. The Bertz CT molecular complexity index is 697. The van der Waals surface area contributed by atoms with Gasteiger partial charge in [-0.2, -0.15) is 0 Å². The molecule has 1 saturated heterocycles. The van der Waals surface area contributed by atoms with Crippen molar-refractivity contribution in [2.75, 3.05) is 33.9 Å². The van der Waals surface area contributed by atoms with Gasteiger partial charge in [-0.1, -0.05) is 0 Å². The second-order valence-electron chi connectivity index (χ2n) is 6.70. The highest BCUT2D eigenvalue weighted by atomic mass is 16.5. The molecule has 1 aliphatic heterocycles. The van der Waals surface area contributed by atoms with Gasteiger partial charge in [-0.05, 0) is 38.0 Å². The Morgan fingerprint density at radius 3 is 2.58 bits per heavy atom. The number of benzene rings is 1. The van der Waals surface area contributed by atoms with Gasteiger partial charge < -0.3 is 19.5 Å². The molecule has 1 aromatic rings. The van der Waals surface area contributed by atoms with Crippen LogP contribution >= 0.6 is 0 Å². The molecule has 1 aliphatic rings. The molecule has 1 heterocycles. The van der Waals surface area contributed by atoms with E-state index in [4.69, 9.17) is 9.47 Å². The number of ketones is 1. The molecule has 1 amide bonds. The third-order valence-corrected chi connectivity index (χ3v) is 4.83. The van der Waals surface area contributed by atoms with Crippen LogP contribution in [-0.4, -0.2) is 61.6 Å². The summed E-state index contributed by atoms with van der Waals surface area (Å²) in [6, 6.07) is 4.98. The number of carboxylic acid groups (broad SMARTS) is 1. The van der Waals surface area contributed by atoms with Crippen LogP contribution in [0.4, 0.5) is 0 Å². The van der Waals surface area contributed by atoms with Crippen LogP contribution in [0.25, 0.3) is 0 Å². The molecule has 1 N–H and O–H groups in total. The Kier molecular flexibility index (Phi) is 6.37. The number of hydrogen-bond donors (Lipinski definition) is 1. The number of carbonyl (C=O) groups is 3. The molecule has 0 aliphatic carbocycles. The third-order valence-electron chi connectivity index (χ3n) is 4.83. The summed E-state index contributed by atoms with van der Waals surface area (Å²) in [6.45, 7) is 2.15. The van der Waals surface area contributed by atoms with Crippen LogP contribution in [0, 0.1) is 5.41 Å². The van der Waals surface area contributed by atoms with Crippen molar-refractivity contribution in [1.82, 2.24) is 4.90 Å². The lowest BCUT2D eigenvalue weighted by Crippen LogP contribution is -2.52. The van der Waals surface area contributed by atoms with Crippen molar-refractivity contribution in [3.05, 3.63) is 29.3 Å². The van der Waals surface area contributed by atoms with E-state index in [0.717, 1.165) is 0 Å². The zero-order valence-corrected chi connectivity index (χ0v) is 15.4. The fraction of sp³-hybridized carbons (Fsp3) is 0.526. The van der Waals surface area contributed by atoms with Gasteiger partial charge in [0.25, 0.3) is 0 Å². The summed E-state index contributed by atoms with van der Waals surface area (Å²) in [7, 11) is 2.97. The monoisotopic (exact) mass is 363 g/mol. The first-order valence-electron chi connectivity index (χ1n) is 8.51. The highest BCUT2D eigenvalue weighted by Crippen LogP contribution is 2.31. The van der Waals surface area contributed by atoms with Gasteiger partial charge in [0, 0.05) is 31.3 Å². The van der Waals surface area contributed by atoms with E-state index < -0.39 is 11.4 Å². The number of amides is 1. The van der Waals surface area contributed by atoms with Gasteiger partial charge in [0.1, 0.15) is 11.2 Å². The quantitative estimate of drug-likeness (QED) is 0.742. The predicted molar refractivity (Wildman–Crippen MR) is 94.5 cm³/mol. The number of likely N-dealkylation sites (tertiary alicyclic amines) is 1. The molecule has 0 spiro atoms. The van der Waals surface area contributed by atoms with Crippen LogP contribution in [0.1, 0.15) is 35.7 Å². The van der Waals surface area contributed by atoms with Crippen LogP contribution in [0.5, 0.6) is 5.75 Å². The minimum atomic E-state index is -1.08. The number of nitrogens with zero attached hydrogens (tertiary/aromatic N) is 1. The average Bonchev–Trinajstić information content (AvgIpc) is 2.61. The summed E-state index contributed by atoms with van der Waals surface area (Å²) in [5.41, 5.74) is 0.0449. The Morgan fingerprint density at radius 1 is 1.27 bits per heavy atom. The van der Waals surface area contributed by atoms with E-state index in [9.17, 15) is 19.5 Å². The number of aliphatic carboxylic acids is 1. The fourth-order valence-electron chi connectivity index (χ4n) is 3.39. The summed E-state index contributed by atoms with van der Waals surface area (Å²) < 4.78 is 10.4. The zero-order valence-electron chi connectivity index (χ0n) is 15.4. The van der Waals surface area contributed by atoms with Gasteiger partial charge in [-0.15, -0.1) is 0 Å². The molecule has 0 radical (unpaired) electrons. The number of Topliss-reactive ketones (excluding diaryl/α,β-unsaturated/α-hetero) is 1. The Labute approximate surface area is 152 Å². The molecule has 0 saturated carbocycles. The predicted octanol–water partition coefficient (Wildman–Crippen LogP) is 1.78. The Hall–Kier alpha value is -2.41. The van der Waals surface area contributed by atoms with Crippen molar-refractivity contribution < 1.29 is 29.0 Å². The third kappa shape index (κ3) is 4.22. The highest BCUT2D eigenvalue weighted by Gasteiger charge is 2.43. The van der Waals surface area contributed by atoms with Crippen molar-refractivity contribution in [2.45, 2.75) is 26.2 Å². The normalized spacial score (nSPS) is 19.9. The lowest BCUT2D eigenvalue weighted by atomic mass is 9.80. The number of carboxylic acids is 1. The minimum absolute atomic E-state index is 0.0486. The molecule has 7 heteroatoms. The summed E-state index contributed by atoms with van der Waals surface area (Å²) in [4.78, 5) is 37.7. The molecule has 1 unspecified atom stereocenters. The van der Waals surface area contributed by atoms with Crippen molar-refractivity contribution >= 4 is 17.7 Å². The van der Waals surface area contributed by atoms with E-state index in [-0.39, 0.29) is 31.3 Å². The summed E-state index contributed by atoms with van der Waals surface area (Å²) in [6.07, 6.45) is 1.13. The second-order valence-corrected chi connectivity index (χ2v) is 6.70. The summed E-state index contributed by atoms with van der Waals surface area (Å²) >= 11 is 0. The van der Waals surface area contributed by atoms with Gasteiger partial charge in [-0.3, -0.25) is 14.4 Å². The Balaban J connectivity index is 2.20. The number of ether oxygens (including phenoxy) is 2. The van der Waals surface area contributed by atoms with Crippen LogP contribution in [-0.2, 0) is 20.7 Å². The second kappa shape index (κ2) is 8.31. The molecule has 2 rings (SSSR count). The first-order valence-corrected chi connectivity index (χ1v) is 8.51. The SMILES string of the molecule is COCC1(C(=O)O)CCCN(C(=O)Cc2cc(C(C)=O)ccc2OC)C1. The summed E-state index contributed by atoms with van der Waals surface area (Å²) in [5, 5.41) is 9.61. The van der Waals surface area contributed by atoms with Crippen LogP contribution in [0.2, 0.25) is 0 Å². The van der Waals surface area contributed by atoms with Crippen molar-refractivity contribution in [3.63, 3.8) is 0 Å². The van der Waals surface area contributed by atoms with Crippen LogP contribution in [0.15, 0.2) is 18.2 Å². The number of piperidine rings is 1. The van der Waals surface area contributed by atoms with E-state index in [1.807, 2.05) is 0 Å². The van der Waals surface area contributed by atoms with Crippen molar-refractivity contribution in [1.29, 1.82) is 0 Å². The van der Waals surface area contributed by atoms with E-state index in [1.165, 1.54) is 21.1 Å². The summed E-state index contributed by atoms with van der Waals surface area (Å²) in [5.74, 6) is -0.704. The molecule has 0 aromatic heterocycles. The van der Waals surface area contributed by atoms with Gasteiger partial charge >= 0.3 is 5.97 Å². The number of hydrogen-bond acceptors (Lipinski definition) is 5. The van der Waals surface area contributed by atoms with E-state index in [2.05, 4.69) is 0 Å². The van der Waals surface area contributed by atoms with Gasteiger partial charge in [0.15, 0.2) is 5.78 Å². The molecule has 142 valence electrons. The largest absolute Gasteiger partial charge is 0.496 e. The van der Waals surface area contributed by atoms with Crippen LogP contribution < -0.4 is 4.74 Å². The zero-order chi connectivity index (χ0) is 19.3. The van der Waals surface area contributed by atoms with E-state index in [1.54, 1.807) is 23.1 Å². The molecule has 7 nitrogen and oxygen atoms in total. The molecule has 1 atom stereocenters. The lowest BCUT2D eigenvalue weighted by molar-refractivity contribution is -0.159. The first-order chi connectivity index (χ1) is 12.3. The lowest BCUT2D eigenvalue weighted by Gasteiger charge is -2.39. The van der Waals surface area contributed by atoms with Crippen molar-refractivity contribution in [3.8, 4) is 5.75 Å². The maximum atomic E-state index is 12.8. The molecule has 1 aromatic carbocycles. The van der Waals surface area contributed by atoms with E-state index >= 15 is 0 Å². The topological polar surface area (TPSA) is 93.1 Å². The number of rotatable bonds is 7. The molecular weight excluding hydrogens is 338 g/mol. The van der Waals surface area contributed by atoms with Gasteiger partial charge in [-0.25, -0.2) is 0 Å². The maximum absolute atomic E-state index is 12.8. The van der Waals surface area contributed by atoms with Crippen LogP contribution in [0.3, 0.4) is 0 Å². The smallest absolute Gasteiger partial charge is 0.313 e. The Morgan fingerprint density at radius 2 is 2.00 bits per heavy atom. The molecular formula is C19H25NO6. The first kappa shape index (κ1) is 19.9. The maximum Gasteiger partial charge on any atom is 0.313 e. The van der Waals surface area contributed by atoms with Gasteiger partial charge in [0.05, 0.1) is 20.1 Å². The average molecular weight is 363 g/mol. The number of methoxy groups -OCH3 is 2. The van der Waals surface area contributed by atoms with E-state index in [0.29, 0.717) is 36.3 Å².